The molecule has 0 fully saturated rings. The average molecular weight is 403 g/mol. The Hall–Kier alpha value is -1.71. The van der Waals surface area contributed by atoms with Crippen molar-refractivity contribution in [2.24, 2.45) is 0 Å². The molecule has 0 unspecified atom stereocenters. The molecule has 0 spiro atoms. The summed E-state index contributed by atoms with van der Waals surface area (Å²) in [6.07, 6.45) is 5.16. The molecular weight excluding hydrogens is 387 g/mol. The number of benzene rings is 1. The second kappa shape index (κ2) is 6.89. The van der Waals surface area contributed by atoms with E-state index in [9.17, 15) is 8.42 Å². The minimum atomic E-state index is -3.79. The predicted octanol–water partition coefficient (Wildman–Crippen LogP) is 2.07. The number of fused-ring (bicyclic) bond motifs is 2. The van der Waals surface area contributed by atoms with Crippen molar-refractivity contribution in [1.29, 1.82) is 0 Å². The van der Waals surface area contributed by atoms with Gasteiger partial charge in [0.25, 0.3) is 10.0 Å². The standard InChI is InChI=1S/C15H15ClN4O3S.ClH/c16-15-5-4-14(13-9-18-23-20(13)15)24(21,22)19-12-3-1-2-10-8-17-7-6-11(10)12;/h1-5,9,17-19H,6-8H2;1H. The lowest BCUT2D eigenvalue weighted by atomic mass is 9.99. The predicted molar refractivity (Wildman–Crippen MR) is 97.8 cm³/mol. The number of sulfonamides is 1. The third kappa shape index (κ3) is 3.23. The summed E-state index contributed by atoms with van der Waals surface area (Å²) in [5, 5.41) is 4.77. The molecule has 0 aromatic heterocycles. The Morgan fingerprint density at radius 2 is 2.12 bits per heavy atom. The maximum absolute atomic E-state index is 12.9. The Kier molecular flexibility index (Phi) is 4.99. The molecule has 1 aromatic carbocycles. The van der Waals surface area contributed by atoms with Gasteiger partial charge >= 0.3 is 0 Å². The SMILES string of the molecule is Cl.O=S(=O)(Nc1cccc2c1CCNC2)C1=CC=C(Cl)N2ONC=C12. The van der Waals surface area contributed by atoms with Crippen molar-refractivity contribution in [3.8, 4) is 0 Å². The third-order valence-electron chi connectivity index (χ3n) is 4.05. The molecule has 0 radical (unpaired) electrons. The maximum atomic E-state index is 12.9. The molecule has 25 heavy (non-hydrogen) atoms. The minimum Gasteiger partial charge on any atom is -0.312 e. The van der Waals surface area contributed by atoms with E-state index >= 15 is 0 Å². The van der Waals surface area contributed by atoms with Gasteiger partial charge in [0.05, 0.1) is 11.9 Å². The Labute approximate surface area is 156 Å². The highest BCUT2D eigenvalue weighted by molar-refractivity contribution is 7.96. The van der Waals surface area contributed by atoms with Gasteiger partial charge in [-0.1, -0.05) is 23.7 Å². The van der Waals surface area contributed by atoms with Gasteiger partial charge in [-0.25, -0.2) is 13.9 Å². The zero-order chi connectivity index (χ0) is 16.7. The summed E-state index contributed by atoms with van der Waals surface area (Å²) >= 11 is 6.00. The van der Waals surface area contributed by atoms with Crippen LogP contribution in [0.3, 0.4) is 0 Å². The van der Waals surface area contributed by atoms with E-state index < -0.39 is 10.0 Å². The number of nitrogens with one attached hydrogen (secondary N) is 3. The quantitative estimate of drug-likeness (QED) is 0.671. The highest BCUT2D eigenvalue weighted by Gasteiger charge is 2.33. The molecule has 10 heteroatoms. The van der Waals surface area contributed by atoms with Crippen molar-refractivity contribution < 1.29 is 13.4 Å². The number of hydrogen-bond acceptors (Lipinski definition) is 6. The van der Waals surface area contributed by atoms with Crippen LogP contribution in [-0.2, 0) is 27.9 Å². The molecule has 0 amide bonds. The normalized spacial score (nSPS) is 18.8. The Morgan fingerprint density at radius 3 is 2.96 bits per heavy atom. The lowest BCUT2D eigenvalue weighted by molar-refractivity contribution is -0.117. The van der Waals surface area contributed by atoms with Gasteiger partial charge in [-0.15, -0.1) is 12.4 Å². The van der Waals surface area contributed by atoms with Gasteiger partial charge in [-0.3, -0.25) is 4.72 Å². The molecular formula is C15H16Cl2N4O3S. The first-order valence-electron chi connectivity index (χ1n) is 7.41. The third-order valence-corrected chi connectivity index (χ3v) is 5.74. The van der Waals surface area contributed by atoms with Gasteiger partial charge in [0.1, 0.15) is 15.8 Å². The van der Waals surface area contributed by atoms with Crippen molar-refractivity contribution in [3.63, 3.8) is 0 Å². The molecule has 0 bridgehead atoms. The summed E-state index contributed by atoms with van der Waals surface area (Å²) in [6, 6.07) is 5.63. The van der Waals surface area contributed by atoms with Crippen molar-refractivity contribution in [2.45, 2.75) is 13.0 Å². The van der Waals surface area contributed by atoms with Crippen LogP contribution in [0.25, 0.3) is 0 Å². The Balaban J connectivity index is 0.00000182. The number of halogens is 2. The van der Waals surface area contributed by atoms with E-state index in [-0.39, 0.29) is 22.5 Å². The van der Waals surface area contributed by atoms with Crippen molar-refractivity contribution in [2.75, 3.05) is 11.3 Å². The Bertz CT molecular complexity index is 896. The van der Waals surface area contributed by atoms with Crippen molar-refractivity contribution in [1.82, 2.24) is 15.9 Å². The zero-order valence-corrected chi connectivity index (χ0v) is 15.3. The van der Waals surface area contributed by atoms with E-state index in [1.807, 2.05) is 12.1 Å². The second-order valence-electron chi connectivity index (χ2n) is 5.53. The van der Waals surface area contributed by atoms with Crippen LogP contribution in [0.1, 0.15) is 11.1 Å². The van der Waals surface area contributed by atoms with Crippen LogP contribution in [0.15, 0.2) is 52.3 Å². The molecule has 3 N–H and O–H groups in total. The lowest BCUT2D eigenvalue weighted by Crippen LogP contribution is -2.28. The van der Waals surface area contributed by atoms with E-state index in [0.717, 1.165) is 30.6 Å². The van der Waals surface area contributed by atoms with E-state index in [1.54, 1.807) is 6.07 Å². The largest absolute Gasteiger partial charge is 0.312 e. The smallest absolute Gasteiger partial charge is 0.264 e. The van der Waals surface area contributed by atoms with Gasteiger partial charge in [0, 0.05) is 6.54 Å². The second-order valence-corrected chi connectivity index (χ2v) is 7.57. The fourth-order valence-corrected chi connectivity index (χ4v) is 4.37. The van der Waals surface area contributed by atoms with Crippen molar-refractivity contribution >= 4 is 39.7 Å². The summed E-state index contributed by atoms with van der Waals surface area (Å²) in [5.41, 5.74) is 5.58. The zero-order valence-electron chi connectivity index (χ0n) is 13.0. The number of nitrogens with zero attached hydrogens (tertiary/aromatic N) is 1. The van der Waals surface area contributed by atoms with Crippen molar-refractivity contribution in [3.05, 3.63) is 63.4 Å². The molecule has 3 aliphatic rings. The van der Waals surface area contributed by atoms with Crippen LogP contribution >= 0.6 is 24.0 Å². The number of rotatable bonds is 3. The van der Waals surface area contributed by atoms with Gasteiger partial charge in [0.15, 0.2) is 0 Å². The van der Waals surface area contributed by atoms with Crippen LogP contribution in [0, 0.1) is 0 Å². The van der Waals surface area contributed by atoms with Gasteiger partial charge in [-0.05, 0) is 42.3 Å². The number of hydrogen-bond donors (Lipinski definition) is 3. The van der Waals surface area contributed by atoms with Crippen LogP contribution in [0.2, 0.25) is 0 Å². The van der Waals surface area contributed by atoms with Gasteiger partial charge in [-0.2, -0.15) is 10.0 Å². The van der Waals surface area contributed by atoms with E-state index in [4.69, 9.17) is 16.5 Å². The van der Waals surface area contributed by atoms with Crippen LogP contribution < -0.4 is 15.5 Å². The molecule has 1 aromatic rings. The first kappa shape index (κ1) is 18.1. The molecule has 3 aliphatic heterocycles. The molecule has 0 aliphatic carbocycles. The molecule has 3 heterocycles. The number of hydroxylamine groups is 3. The first-order valence-corrected chi connectivity index (χ1v) is 9.27. The molecule has 0 saturated heterocycles. The van der Waals surface area contributed by atoms with E-state index in [2.05, 4.69) is 15.5 Å². The topological polar surface area (TPSA) is 82.7 Å². The summed E-state index contributed by atoms with van der Waals surface area (Å²) in [6.45, 7) is 1.56. The van der Waals surface area contributed by atoms with Crippen LogP contribution in [-0.4, -0.2) is 20.0 Å². The fraction of sp³-hybridized carbons (Fsp3) is 0.200. The maximum Gasteiger partial charge on any atom is 0.264 e. The van der Waals surface area contributed by atoms with Gasteiger partial charge < -0.3 is 5.32 Å². The average Bonchev–Trinajstić information content (AvgIpc) is 3.05. The summed E-state index contributed by atoms with van der Waals surface area (Å²) < 4.78 is 28.4. The van der Waals surface area contributed by atoms with Crippen LogP contribution in [0.5, 0.6) is 0 Å². The Morgan fingerprint density at radius 1 is 1.28 bits per heavy atom. The number of anilines is 1. The summed E-state index contributed by atoms with van der Waals surface area (Å²) in [7, 11) is -3.79. The van der Waals surface area contributed by atoms with E-state index in [1.165, 1.54) is 23.4 Å². The number of allylic oxidation sites excluding steroid dienone is 2. The first-order chi connectivity index (χ1) is 11.6. The fourth-order valence-electron chi connectivity index (χ4n) is 2.92. The molecule has 0 saturated carbocycles. The van der Waals surface area contributed by atoms with Crippen LogP contribution in [0.4, 0.5) is 5.69 Å². The summed E-state index contributed by atoms with van der Waals surface area (Å²) in [5.74, 6) is 0. The monoisotopic (exact) mass is 402 g/mol. The summed E-state index contributed by atoms with van der Waals surface area (Å²) in [4.78, 5) is 5.17. The molecule has 0 atom stereocenters. The molecule has 4 rings (SSSR count). The van der Waals surface area contributed by atoms with E-state index in [0.29, 0.717) is 11.4 Å². The van der Waals surface area contributed by atoms with Gasteiger partial charge in [0.2, 0.25) is 0 Å². The lowest BCUT2D eigenvalue weighted by Gasteiger charge is -2.24. The minimum absolute atomic E-state index is 0. The highest BCUT2D eigenvalue weighted by Crippen LogP contribution is 2.34. The highest BCUT2D eigenvalue weighted by atomic mass is 35.5. The molecule has 7 nitrogen and oxygen atoms in total. The molecule has 134 valence electrons.